The number of carbonyl (C=O) groups excluding carboxylic acids is 1. The van der Waals surface area contributed by atoms with E-state index >= 15 is 0 Å². The number of ether oxygens (including phenoxy) is 1. The molecule has 0 unspecified atom stereocenters. The quantitative estimate of drug-likeness (QED) is 0.633. The molecule has 1 aliphatic heterocycles. The summed E-state index contributed by atoms with van der Waals surface area (Å²) in [5.74, 6) is -0.329. The van der Waals surface area contributed by atoms with Crippen LogP contribution in [0.25, 0.3) is 0 Å². The van der Waals surface area contributed by atoms with Gasteiger partial charge in [-0.25, -0.2) is 4.79 Å². The SMILES string of the molecule is CCc1ccc(B2OC(C)(C)C(C)(C)O2)cc1C(=O)OC. The fraction of sp³-hybridized carbons (Fsp3) is 0.562. The Morgan fingerprint density at radius 2 is 1.76 bits per heavy atom. The van der Waals surface area contributed by atoms with Crippen LogP contribution in [0.4, 0.5) is 0 Å². The molecule has 0 aromatic heterocycles. The molecule has 1 aliphatic rings. The summed E-state index contributed by atoms with van der Waals surface area (Å²) in [5.41, 5.74) is 1.58. The Hall–Kier alpha value is -1.33. The fourth-order valence-corrected chi connectivity index (χ4v) is 2.33. The molecular weight excluding hydrogens is 267 g/mol. The van der Waals surface area contributed by atoms with Gasteiger partial charge >= 0.3 is 13.1 Å². The minimum absolute atomic E-state index is 0.329. The molecular formula is C16H23BO4. The highest BCUT2D eigenvalue weighted by Gasteiger charge is 2.51. The van der Waals surface area contributed by atoms with E-state index in [4.69, 9.17) is 14.0 Å². The van der Waals surface area contributed by atoms with E-state index in [-0.39, 0.29) is 5.97 Å². The molecule has 0 spiro atoms. The number of aryl methyl sites for hydroxylation is 1. The summed E-state index contributed by atoms with van der Waals surface area (Å²) in [4.78, 5) is 11.9. The highest BCUT2D eigenvalue weighted by Crippen LogP contribution is 2.36. The van der Waals surface area contributed by atoms with E-state index < -0.39 is 18.3 Å². The van der Waals surface area contributed by atoms with Gasteiger partial charge in [0.1, 0.15) is 0 Å². The van der Waals surface area contributed by atoms with Crippen LogP contribution in [0.2, 0.25) is 0 Å². The van der Waals surface area contributed by atoms with Crippen molar-refractivity contribution in [3.05, 3.63) is 29.3 Å². The van der Waals surface area contributed by atoms with E-state index in [1.165, 1.54) is 7.11 Å². The lowest BCUT2D eigenvalue weighted by Gasteiger charge is -2.32. The van der Waals surface area contributed by atoms with Crippen LogP contribution in [0.3, 0.4) is 0 Å². The van der Waals surface area contributed by atoms with Crippen molar-refractivity contribution in [2.75, 3.05) is 7.11 Å². The highest BCUT2D eigenvalue weighted by molar-refractivity contribution is 6.62. The summed E-state index contributed by atoms with van der Waals surface area (Å²) in [5, 5.41) is 0. The zero-order chi connectivity index (χ0) is 15.8. The van der Waals surface area contributed by atoms with E-state index in [2.05, 4.69) is 0 Å². The molecule has 1 saturated heterocycles. The molecule has 1 aromatic carbocycles. The monoisotopic (exact) mass is 290 g/mol. The molecule has 0 saturated carbocycles. The predicted molar refractivity (Wildman–Crippen MR) is 82.9 cm³/mol. The molecule has 1 aromatic rings. The second-order valence-electron chi connectivity index (χ2n) is 6.35. The van der Waals surface area contributed by atoms with Gasteiger partial charge < -0.3 is 14.0 Å². The van der Waals surface area contributed by atoms with Crippen molar-refractivity contribution >= 4 is 18.6 Å². The standard InChI is InChI=1S/C16H23BO4/c1-7-11-8-9-12(10-13(11)14(18)19-6)17-20-15(2,3)16(4,5)21-17/h8-10H,7H2,1-6H3. The fourth-order valence-electron chi connectivity index (χ4n) is 2.33. The van der Waals surface area contributed by atoms with Gasteiger partial charge in [0, 0.05) is 0 Å². The molecule has 0 amide bonds. The first-order valence-corrected chi connectivity index (χ1v) is 7.28. The first-order valence-electron chi connectivity index (χ1n) is 7.28. The lowest BCUT2D eigenvalue weighted by Crippen LogP contribution is -2.41. The molecule has 21 heavy (non-hydrogen) atoms. The van der Waals surface area contributed by atoms with Gasteiger partial charge in [0.25, 0.3) is 0 Å². The lowest BCUT2D eigenvalue weighted by atomic mass is 9.77. The van der Waals surface area contributed by atoms with Crippen LogP contribution in [-0.4, -0.2) is 31.4 Å². The normalized spacial score (nSPS) is 19.6. The molecule has 5 heteroatoms. The summed E-state index contributed by atoms with van der Waals surface area (Å²) in [6.07, 6.45) is 0.772. The molecule has 4 nitrogen and oxygen atoms in total. The highest BCUT2D eigenvalue weighted by atomic mass is 16.7. The van der Waals surface area contributed by atoms with Crippen LogP contribution in [0.1, 0.15) is 50.5 Å². The number of hydrogen-bond acceptors (Lipinski definition) is 4. The van der Waals surface area contributed by atoms with Crippen molar-refractivity contribution in [3.63, 3.8) is 0 Å². The second-order valence-corrected chi connectivity index (χ2v) is 6.35. The van der Waals surface area contributed by atoms with Gasteiger partial charge in [-0.3, -0.25) is 0 Å². The van der Waals surface area contributed by atoms with Crippen LogP contribution < -0.4 is 5.46 Å². The molecule has 114 valence electrons. The van der Waals surface area contributed by atoms with Gasteiger partial charge in [-0.2, -0.15) is 0 Å². The number of rotatable bonds is 3. The topological polar surface area (TPSA) is 44.8 Å². The Bertz CT molecular complexity index is 535. The van der Waals surface area contributed by atoms with E-state index in [1.807, 2.05) is 52.8 Å². The van der Waals surface area contributed by atoms with Crippen LogP contribution in [-0.2, 0) is 20.5 Å². The second kappa shape index (κ2) is 5.46. The summed E-state index contributed by atoms with van der Waals surface area (Å²) >= 11 is 0. The number of benzene rings is 1. The Balaban J connectivity index is 2.36. The zero-order valence-corrected chi connectivity index (χ0v) is 13.6. The van der Waals surface area contributed by atoms with Gasteiger partial charge in [-0.1, -0.05) is 19.1 Å². The van der Waals surface area contributed by atoms with E-state index in [0.717, 1.165) is 17.4 Å². The zero-order valence-electron chi connectivity index (χ0n) is 13.6. The minimum atomic E-state index is -0.468. The Kier molecular flexibility index (Phi) is 4.18. The van der Waals surface area contributed by atoms with Gasteiger partial charge in [0.2, 0.25) is 0 Å². The van der Waals surface area contributed by atoms with Crippen molar-refractivity contribution in [2.45, 2.75) is 52.2 Å². The van der Waals surface area contributed by atoms with Crippen molar-refractivity contribution in [1.82, 2.24) is 0 Å². The summed E-state index contributed by atoms with van der Waals surface area (Å²) in [7, 11) is 0.924. The van der Waals surface area contributed by atoms with Gasteiger partial charge in [-0.15, -0.1) is 0 Å². The van der Waals surface area contributed by atoms with Crippen LogP contribution in [0.5, 0.6) is 0 Å². The summed E-state index contributed by atoms with van der Waals surface area (Å²) < 4.78 is 16.9. The third kappa shape index (κ3) is 2.85. The van der Waals surface area contributed by atoms with Crippen LogP contribution >= 0.6 is 0 Å². The predicted octanol–water partition coefficient (Wildman–Crippen LogP) is 2.33. The first-order chi connectivity index (χ1) is 9.71. The molecule has 1 fully saturated rings. The minimum Gasteiger partial charge on any atom is -0.465 e. The molecule has 0 aliphatic carbocycles. The third-order valence-corrected chi connectivity index (χ3v) is 4.45. The Morgan fingerprint density at radius 1 is 1.19 bits per heavy atom. The van der Waals surface area contributed by atoms with E-state index in [9.17, 15) is 4.79 Å². The molecule has 0 N–H and O–H groups in total. The molecule has 1 heterocycles. The average molecular weight is 290 g/mol. The largest absolute Gasteiger partial charge is 0.494 e. The van der Waals surface area contributed by atoms with E-state index in [1.54, 1.807) is 0 Å². The molecule has 0 bridgehead atoms. The smallest absolute Gasteiger partial charge is 0.465 e. The summed E-state index contributed by atoms with van der Waals surface area (Å²) in [6.45, 7) is 10.0. The lowest BCUT2D eigenvalue weighted by molar-refractivity contribution is 0.00578. The van der Waals surface area contributed by atoms with Crippen molar-refractivity contribution in [2.24, 2.45) is 0 Å². The maximum absolute atomic E-state index is 11.9. The first kappa shape index (κ1) is 16.1. The molecule has 2 rings (SSSR count). The maximum atomic E-state index is 11.9. The van der Waals surface area contributed by atoms with Crippen LogP contribution in [0.15, 0.2) is 18.2 Å². The van der Waals surface area contributed by atoms with Crippen molar-refractivity contribution in [3.8, 4) is 0 Å². The van der Waals surface area contributed by atoms with Crippen molar-refractivity contribution in [1.29, 1.82) is 0 Å². The average Bonchev–Trinajstić information content (AvgIpc) is 2.66. The van der Waals surface area contributed by atoms with Gasteiger partial charge in [0.15, 0.2) is 0 Å². The van der Waals surface area contributed by atoms with Crippen LogP contribution in [0, 0.1) is 0 Å². The van der Waals surface area contributed by atoms with Gasteiger partial charge in [-0.05, 0) is 51.2 Å². The van der Waals surface area contributed by atoms with E-state index in [0.29, 0.717) is 5.56 Å². The third-order valence-electron chi connectivity index (χ3n) is 4.45. The number of methoxy groups -OCH3 is 1. The maximum Gasteiger partial charge on any atom is 0.494 e. The van der Waals surface area contributed by atoms with Crippen molar-refractivity contribution < 1.29 is 18.8 Å². The number of esters is 1. The number of hydrogen-bond donors (Lipinski definition) is 0. The summed E-state index contributed by atoms with van der Waals surface area (Å²) in [6, 6.07) is 5.70. The number of carbonyl (C=O) groups is 1. The Labute approximate surface area is 126 Å². The molecule has 0 radical (unpaired) electrons. The molecule has 0 atom stereocenters. The Morgan fingerprint density at radius 3 is 2.24 bits per heavy atom. The van der Waals surface area contributed by atoms with Gasteiger partial charge in [0.05, 0.1) is 23.9 Å².